The van der Waals surface area contributed by atoms with Gasteiger partial charge in [0.15, 0.2) is 0 Å². The number of halogens is 1. The smallest absolute Gasteiger partial charge is 0.337 e. The summed E-state index contributed by atoms with van der Waals surface area (Å²) in [6.07, 6.45) is 3.19. The van der Waals surface area contributed by atoms with E-state index in [1.807, 2.05) is 0 Å². The molecule has 0 unspecified atom stereocenters. The topological polar surface area (TPSA) is 67.4 Å². The van der Waals surface area contributed by atoms with Gasteiger partial charge in [-0.2, -0.15) is 0 Å². The summed E-state index contributed by atoms with van der Waals surface area (Å²) in [6.45, 7) is 2.89. The predicted molar refractivity (Wildman–Crippen MR) is 83.8 cm³/mol. The number of carbonyl (C=O) groups excluding carboxylic acids is 2. The van der Waals surface area contributed by atoms with Crippen molar-refractivity contribution in [1.82, 2.24) is 5.32 Å². The molecule has 0 atom stereocenters. The molecule has 0 aliphatic rings. The highest BCUT2D eigenvalue weighted by Crippen LogP contribution is 2.23. The largest absolute Gasteiger partial charge is 0.465 e. The Balaban J connectivity index is 2.50. The van der Waals surface area contributed by atoms with E-state index in [2.05, 4.69) is 22.3 Å². The van der Waals surface area contributed by atoms with E-state index in [1.165, 1.54) is 7.11 Å². The van der Waals surface area contributed by atoms with Crippen molar-refractivity contribution in [3.05, 3.63) is 28.8 Å². The van der Waals surface area contributed by atoms with Crippen molar-refractivity contribution in [3.8, 4) is 0 Å². The Morgan fingerprint density at radius 3 is 2.71 bits per heavy atom. The highest BCUT2D eigenvalue weighted by atomic mass is 35.5. The Hall–Kier alpha value is -1.75. The molecule has 6 heteroatoms. The maximum Gasteiger partial charge on any atom is 0.337 e. The quantitative estimate of drug-likeness (QED) is 0.572. The third kappa shape index (κ3) is 6.04. The second-order valence-corrected chi connectivity index (χ2v) is 5.00. The molecule has 1 amide bonds. The molecule has 0 aliphatic heterocycles. The number of amides is 1. The summed E-state index contributed by atoms with van der Waals surface area (Å²) in [4.78, 5) is 23.1. The lowest BCUT2D eigenvalue weighted by molar-refractivity contribution is -0.119. The van der Waals surface area contributed by atoms with Crippen LogP contribution in [-0.4, -0.2) is 32.1 Å². The zero-order chi connectivity index (χ0) is 15.7. The van der Waals surface area contributed by atoms with Crippen LogP contribution >= 0.6 is 11.6 Å². The van der Waals surface area contributed by atoms with Crippen molar-refractivity contribution in [2.24, 2.45) is 0 Å². The Kier molecular flexibility index (Phi) is 7.61. The number of carbonyl (C=O) groups is 2. The standard InChI is InChI=1S/C15H21ClN2O3/c1-3-4-5-8-17-14(19)10-18-13-9-11(15(20)21-2)6-7-12(13)16/h6-7,9,18H,3-5,8,10H2,1-2H3,(H,17,19). The summed E-state index contributed by atoms with van der Waals surface area (Å²) in [7, 11) is 1.31. The summed E-state index contributed by atoms with van der Waals surface area (Å²) in [5, 5.41) is 6.19. The minimum atomic E-state index is -0.446. The lowest BCUT2D eigenvalue weighted by atomic mass is 10.2. The fraction of sp³-hybridized carbons (Fsp3) is 0.467. The van der Waals surface area contributed by atoms with Crippen LogP contribution < -0.4 is 10.6 Å². The van der Waals surface area contributed by atoms with Crippen LogP contribution in [0.25, 0.3) is 0 Å². The zero-order valence-electron chi connectivity index (χ0n) is 12.4. The van der Waals surface area contributed by atoms with Crippen LogP contribution in [0.3, 0.4) is 0 Å². The second kappa shape index (κ2) is 9.23. The van der Waals surface area contributed by atoms with Gasteiger partial charge in [-0.3, -0.25) is 4.79 Å². The molecule has 1 aromatic rings. The first-order valence-corrected chi connectivity index (χ1v) is 7.34. The van der Waals surface area contributed by atoms with Crippen molar-refractivity contribution in [1.29, 1.82) is 0 Å². The minimum absolute atomic E-state index is 0.106. The van der Waals surface area contributed by atoms with Gasteiger partial charge in [0.1, 0.15) is 0 Å². The summed E-state index contributed by atoms with van der Waals surface area (Å²) < 4.78 is 4.64. The first-order valence-electron chi connectivity index (χ1n) is 6.97. The van der Waals surface area contributed by atoms with Crippen LogP contribution in [0.4, 0.5) is 5.69 Å². The van der Waals surface area contributed by atoms with Crippen molar-refractivity contribution in [2.75, 3.05) is 25.5 Å². The summed E-state index contributed by atoms with van der Waals surface area (Å²) >= 11 is 6.03. The number of rotatable bonds is 8. The highest BCUT2D eigenvalue weighted by Gasteiger charge is 2.09. The number of esters is 1. The molecule has 2 N–H and O–H groups in total. The Morgan fingerprint density at radius 2 is 2.05 bits per heavy atom. The van der Waals surface area contributed by atoms with E-state index in [-0.39, 0.29) is 12.5 Å². The van der Waals surface area contributed by atoms with E-state index in [0.29, 0.717) is 22.8 Å². The number of hydrogen-bond acceptors (Lipinski definition) is 4. The van der Waals surface area contributed by atoms with Crippen molar-refractivity contribution < 1.29 is 14.3 Å². The molecule has 0 saturated carbocycles. The Morgan fingerprint density at radius 1 is 1.29 bits per heavy atom. The second-order valence-electron chi connectivity index (χ2n) is 4.60. The van der Waals surface area contributed by atoms with Gasteiger partial charge in [0, 0.05) is 6.54 Å². The molecule has 0 heterocycles. The molecule has 0 fully saturated rings. The van der Waals surface area contributed by atoms with E-state index < -0.39 is 5.97 Å². The van der Waals surface area contributed by atoms with Gasteiger partial charge < -0.3 is 15.4 Å². The number of methoxy groups -OCH3 is 1. The monoisotopic (exact) mass is 312 g/mol. The maximum absolute atomic E-state index is 11.7. The molecular formula is C15H21ClN2O3. The van der Waals surface area contributed by atoms with Crippen LogP contribution in [0.15, 0.2) is 18.2 Å². The van der Waals surface area contributed by atoms with Gasteiger partial charge in [0.2, 0.25) is 5.91 Å². The molecule has 0 aliphatic carbocycles. The Labute approximate surface area is 130 Å². The average Bonchev–Trinajstić information content (AvgIpc) is 2.50. The van der Waals surface area contributed by atoms with E-state index in [0.717, 1.165) is 19.3 Å². The molecule has 1 aromatic carbocycles. The maximum atomic E-state index is 11.7. The third-order valence-corrected chi connectivity index (χ3v) is 3.26. The van der Waals surface area contributed by atoms with Gasteiger partial charge in [0.05, 0.1) is 29.9 Å². The van der Waals surface area contributed by atoms with Gasteiger partial charge in [-0.1, -0.05) is 31.4 Å². The molecule has 21 heavy (non-hydrogen) atoms. The number of ether oxygens (including phenoxy) is 1. The van der Waals surface area contributed by atoms with Crippen LogP contribution in [-0.2, 0) is 9.53 Å². The van der Waals surface area contributed by atoms with Gasteiger partial charge >= 0.3 is 5.97 Å². The first-order chi connectivity index (χ1) is 10.1. The number of benzene rings is 1. The number of nitrogens with one attached hydrogen (secondary N) is 2. The van der Waals surface area contributed by atoms with Gasteiger partial charge in [-0.15, -0.1) is 0 Å². The van der Waals surface area contributed by atoms with Crippen molar-refractivity contribution in [2.45, 2.75) is 26.2 Å². The first kappa shape index (κ1) is 17.3. The molecule has 0 aromatic heterocycles. The molecular weight excluding hydrogens is 292 g/mol. The van der Waals surface area contributed by atoms with Crippen LogP contribution in [0.2, 0.25) is 5.02 Å². The third-order valence-electron chi connectivity index (χ3n) is 2.93. The molecule has 5 nitrogen and oxygen atoms in total. The molecule has 0 radical (unpaired) electrons. The van der Waals surface area contributed by atoms with Gasteiger partial charge in [-0.25, -0.2) is 4.79 Å². The molecule has 0 bridgehead atoms. The van der Waals surface area contributed by atoms with Gasteiger partial charge in [0.25, 0.3) is 0 Å². The summed E-state index contributed by atoms with van der Waals surface area (Å²) in [5.41, 5.74) is 0.913. The lowest BCUT2D eigenvalue weighted by Crippen LogP contribution is -2.30. The van der Waals surface area contributed by atoms with Crippen LogP contribution in [0.5, 0.6) is 0 Å². The van der Waals surface area contributed by atoms with Crippen LogP contribution in [0.1, 0.15) is 36.5 Å². The van der Waals surface area contributed by atoms with Crippen LogP contribution in [0, 0.1) is 0 Å². The van der Waals surface area contributed by atoms with E-state index in [9.17, 15) is 9.59 Å². The summed E-state index contributed by atoms with van der Waals surface area (Å²) in [5.74, 6) is -0.552. The number of anilines is 1. The van der Waals surface area contributed by atoms with Crippen molar-refractivity contribution in [3.63, 3.8) is 0 Å². The number of hydrogen-bond donors (Lipinski definition) is 2. The van der Waals surface area contributed by atoms with Crippen molar-refractivity contribution >= 4 is 29.2 Å². The lowest BCUT2D eigenvalue weighted by Gasteiger charge is -2.10. The fourth-order valence-corrected chi connectivity index (χ4v) is 1.93. The average molecular weight is 313 g/mol. The van der Waals surface area contributed by atoms with E-state index in [1.54, 1.807) is 18.2 Å². The fourth-order valence-electron chi connectivity index (χ4n) is 1.75. The van der Waals surface area contributed by atoms with E-state index >= 15 is 0 Å². The summed E-state index contributed by atoms with van der Waals surface area (Å²) in [6, 6.07) is 4.73. The molecule has 0 saturated heterocycles. The molecule has 116 valence electrons. The van der Waals surface area contributed by atoms with Gasteiger partial charge in [-0.05, 0) is 24.6 Å². The number of unbranched alkanes of at least 4 members (excludes halogenated alkanes) is 2. The normalized spacial score (nSPS) is 10.0. The predicted octanol–water partition coefficient (Wildman–Crippen LogP) is 2.84. The SMILES string of the molecule is CCCCCNC(=O)CNc1cc(C(=O)OC)ccc1Cl. The van der Waals surface area contributed by atoms with E-state index in [4.69, 9.17) is 11.6 Å². The Bertz CT molecular complexity index is 492. The molecule has 1 rings (SSSR count). The zero-order valence-corrected chi connectivity index (χ0v) is 13.1. The molecule has 0 spiro atoms. The highest BCUT2D eigenvalue weighted by molar-refractivity contribution is 6.33. The minimum Gasteiger partial charge on any atom is -0.465 e.